The smallest absolute Gasteiger partial charge is 0.246 e. The Kier molecular flexibility index (Phi) is 5.46. The third-order valence-electron chi connectivity index (χ3n) is 4.15. The molecule has 0 spiro atoms. The first-order valence-electron chi connectivity index (χ1n) is 8.36. The summed E-state index contributed by atoms with van der Waals surface area (Å²) in [6.45, 7) is 5.88. The van der Waals surface area contributed by atoms with Gasteiger partial charge in [-0.25, -0.2) is 4.98 Å². The van der Waals surface area contributed by atoms with Crippen molar-refractivity contribution in [3.05, 3.63) is 23.9 Å². The molecule has 1 aromatic heterocycles. The Labute approximate surface area is 137 Å². The molecular formula is C17H25N3O3. The van der Waals surface area contributed by atoms with Gasteiger partial charge in [0.05, 0.1) is 19.3 Å². The Hall–Kier alpha value is -1.66. The van der Waals surface area contributed by atoms with E-state index < -0.39 is 0 Å². The van der Waals surface area contributed by atoms with Crippen LogP contribution in [-0.2, 0) is 20.8 Å². The molecule has 2 aliphatic rings. The molecule has 1 saturated carbocycles. The number of pyridine rings is 1. The molecule has 2 heterocycles. The SMILES string of the molecule is C[C@H]1CN(c2ccc(CNC(=O)COCC3CC3)cn2)CCO1. The van der Waals surface area contributed by atoms with Gasteiger partial charge in [0.2, 0.25) is 5.91 Å². The van der Waals surface area contributed by atoms with Gasteiger partial charge in [0, 0.05) is 25.8 Å². The fraction of sp³-hybridized carbons (Fsp3) is 0.647. The lowest BCUT2D eigenvalue weighted by molar-refractivity contribution is -0.126. The molecule has 0 unspecified atom stereocenters. The van der Waals surface area contributed by atoms with Gasteiger partial charge in [-0.1, -0.05) is 6.07 Å². The number of nitrogens with one attached hydrogen (secondary N) is 1. The highest BCUT2D eigenvalue weighted by atomic mass is 16.5. The number of carbonyl (C=O) groups is 1. The number of aromatic nitrogens is 1. The number of anilines is 1. The maximum Gasteiger partial charge on any atom is 0.246 e. The summed E-state index contributed by atoms with van der Waals surface area (Å²) in [7, 11) is 0. The highest BCUT2D eigenvalue weighted by Crippen LogP contribution is 2.28. The van der Waals surface area contributed by atoms with Crippen LogP contribution in [0.4, 0.5) is 5.82 Å². The molecule has 2 fully saturated rings. The number of rotatable bonds is 7. The maximum absolute atomic E-state index is 11.7. The second-order valence-electron chi connectivity index (χ2n) is 6.39. The third kappa shape index (κ3) is 5.18. The van der Waals surface area contributed by atoms with E-state index in [2.05, 4.69) is 22.1 Å². The summed E-state index contributed by atoms with van der Waals surface area (Å²) in [5, 5.41) is 2.86. The quantitative estimate of drug-likeness (QED) is 0.822. The summed E-state index contributed by atoms with van der Waals surface area (Å²) in [5.74, 6) is 1.57. The predicted octanol–water partition coefficient (Wildman–Crippen LogP) is 1.35. The second kappa shape index (κ2) is 7.75. The topological polar surface area (TPSA) is 63.7 Å². The molecule has 0 bridgehead atoms. The minimum absolute atomic E-state index is 0.0725. The largest absolute Gasteiger partial charge is 0.375 e. The van der Waals surface area contributed by atoms with Crippen molar-refractivity contribution >= 4 is 11.7 Å². The Balaban J connectivity index is 1.40. The van der Waals surface area contributed by atoms with E-state index in [4.69, 9.17) is 9.47 Å². The lowest BCUT2D eigenvalue weighted by Crippen LogP contribution is -2.41. The summed E-state index contributed by atoms with van der Waals surface area (Å²) in [4.78, 5) is 18.4. The molecule has 0 aromatic carbocycles. The number of carbonyl (C=O) groups excluding carboxylic acids is 1. The van der Waals surface area contributed by atoms with E-state index in [1.165, 1.54) is 12.8 Å². The molecule has 126 valence electrons. The lowest BCUT2D eigenvalue weighted by Gasteiger charge is -2.32. The van der Waals surface area contributed by atoms with Gasteiger partial charge in [0.25, 0.3) is 0 Å². The normalized spacial score (nSPS) is 21.3. The molecule has 1 atom stereocenters. The molecule has 1 N–H and O–H groups in total. The van der Waals surface area contributed by atoms with Gasteiger partial charge >= 0.3 is 0 Å². The van der Waals surface area contributed by atoms with E-state index in [-0.39, 0.29) is 18.6 Å². The molecule has 3 rings (SSSR count). The summed E-state index contributed by atoms with van der Waals surface area (Å²) in [6.07, 6.45) is 4.53. The fourth-order valence-electron chi connectivity index (χ4n) is 2.59. The fourth-order valence-corrected chi connectivity index (χ4v) is 2.59. The molecule has 1 saturated heterocycles. The lowest BCUT2D eigenvalue weighted by atomic mass is 10.2. The van der Waals surface area contributed by atoms with Gasteiger partial charge in [0.15, 0.2) is 0 Å². The van der Waals surface area contributed by atoms with Gasteiger partial charge in [-0.05, 0) is 37.3 Å². The Bertz CT molecular complexity index is 516. The van der Waals surface area contributed by atoms with Gasteiger partial charge < -0.3 is 19.7 Å². The van der Waals surface area contributed by atoms with E-state index in [0.717, 1.165) is 31.1 Å². The Morgan fingerprint density at radius 3 is 3.04 bits per heavy atom. The van der Waals surface area contributed by atoms with Crippen molar-refractivity contribution in [1.82, 2.24) is 10.3 Å². The van der Waals surface area contributed by atoms with E-state index in [1.807, 2.05) is 18.3 Å². The van der Waals surface area contributed by atoms with Crippen molar-refractivity contribution in [2.75, 3.05) is 37.8 Å². The van der Waals surface area contributed by atoms with Crippen molar-refractivity contribution in [2.24, 2.45) is 5.92 Å². The van der Waals surface area contributed by atoms with Crippen LogP contribution in [0.1, 0.15) is 25.3 Å². The van der Waals surface area contributed by atoms with Crippen LogP contribution in [0.2, 0.25) is 0 Å². The van der Waals surface area contributed by atoms with Gasteiger partial charge in [-0.2, -0.15) is 0 Å². The van der Waals surface area contributed by atoms with Gasteiger partial charge in [-0.3, -0.25) is 4.79 Å². The second-order valence-corrected chi connectivity index (χ2v) is 6.39. The first kappa shape index (κ1) is 16.2. The Morgan fingerprint density at radius 1 is 1.48 bits per heavy atom. The summed E-state index contributed by atoms with van der Waals surface area (Å²) in [6, 6.07) is 4.01. The van der Waals surface area contributed by atoms with Crippen LogP contribution in [0.3, 0.4) is 0 Å². The van der Waals surface area contributed by atoms with Crippen molar-refractivity contribution in [3.8, 4) is 0 Å². The number of nitrogens with zero attached hydrogens (tertiary/aromatic N) is 2. The zero-order chi connectivity index (χ0) is 16.1. The highest BCUT2D eigenvalue weighted by Gasteiger charge is 2.21. The number of ether oxygens (including phenoxy) is 2. The number of morpholine rings is 1. The monoisotopic (exact) mass is 319 g/mol. The average molecular weight is 319 g/mol. The highest BCUT2D eigenvalue weighted by molar-refractivity contribution is 5.77. The van der Waals surface area contributed by atoms with Crippen LogP contribution in [0.25, 0.3) is 0 Å². The average Bonchev–Trinajstić information content (AvgIpc) is 3.38. The summed E-state index contributed by atoms with van der Waals surface area (Å²) >= 11 is 0. The minimum Gasteiger partial charge on any atom is -0.375 e. The van der Waals surface area contributed by atoms with Gasteiger partial charge in [-0.15, -0.1) is 0 Å². The Morgan fingerprint density at radius 2 is 2.35 bits per heavy atom. The van der Waals surface area contributed by atoms with Crippen LogP contribution in [0.5, 0.6) is 0 Å². The van der Waals surface area contributed by atoms with E-state index >= 15 is 0 Å². The first-order valence-corrected chi connectivity index (χ1v) is 8.36. The van der Waals surface area contributed by atoms with E-state index in [1.54, 1.807) is 0 Å². The third-order valence-corrected chi connectivity index (χ3v) is 4.15. The number of hydrogen-bond acceptors (Lipinski definition) is 5. The van der Waals surface area contributed by atoms with Crippen molar-refractivity contribution in [2.45, 2.75) is 32.4 Å². The van der Waals surface area contributed by atoms with Crippen LogP contribution in [0.15, 0.2) is 18.3 Å². The molecule has 6 nitrogen and oxygen atoms in total. The van der Waals surface area contributed by atoms with E-state index in [9.17, 15) is 4.79 Å². The minimum atomic E-state index is -0.0725. The molecule has 1 aliphatic carbocycles. The molecule has 1 aromatic rings. The van der Waals surface area contributed by atoms with Crippen LogP contribution >= 0.6 is 0 Å². The molecule has 1 amide bonds. The zero-order valence-corrected chi connectivity index (χ0v) is 13.7. The van der Waals surface area contributed by atoms with Gasteiger partial charge in [0.1, 0.15) is 12.4 Å². The molecule has 6 heteroatoms. The molecule has 23 heavy (non-hydrogen) atoms. The van der Waals surface area contributed by atoms with Crippen LogP contribution in [-0.4, -0.2) is 49.9 Å². The zero-order valence-electron chi connectivity index (χ0n) is 13.7. The number of hydrogen-bond donors (Lipinski definition) is 1. The molecule has 0 radical (unpaired) electrons. The van der Waals surface area contributed by atoms with Crippen molar-refractivity contribution in [3.63, 3.8) is 0 Å². The summed E-state index contributed by atoms with van der Waals surface area (Å²) < 4.78 is 10.9. The summed E-state index contributed by atoms with van der Waals surface area (Å²) in [5.41, 5.74) is 0.991. The van der Waals surface area contributed by atoms with Crippen LogP contribution in [0, 0.1) is 5.92 Å². The standard InChI is InChI=1S/C17H25N3O3/c1-13-10-20(6-7-23-13)16-5-4-15(8-18-16)9-19-17(21)12-22-11-14-2-3-14/h4-5,8,13-14H,2-3,6-7,9-12H2,1H3,(H,19,21)/t13-/m0/s1. The maximum atomic E-state index is 11.7. The van der Waals surface area contributed by atoms with Crippen molar-refractivity contribution in [1.29, 1.82) is 0 Å². The molecular weight excluding hydrogens is 294 g/mol. The number of amides is 1. The van der Waals surface area contributed by atoms with Crippen molar-refractivity contribution < 1.29 is 14.3 Å². The van der Waals surface area contributed by atoms with E-state index in [0.29, 0.717) is 19.1 Å². The van der Waals surface area contributed by atoms with Crippen LogP contribution < -0.4 is 10.2 Å². The molecule has 1 aliphatic heterocycles. The predicted molar refractivity (Wildman–Crippen MR) is 87.3 cm³/mol. The first-order chi connectivity index (χ1) is 11.2.